The first-order chi connectivity index (χ1) is 0. The monoisotopic (exact) mass is 455 g/mol. The van der Waals surface area contributed by atoms with Gasteiger partial charge in [-0.3, -0.25) is 0 Å². The minimum atomic E-state index is 0. The fourth-order valence-electron chi connectivity index (χ4n) is 0. The zero-order chi connectivity index (χ0) is 0. The van der Waals surface area contributed by atoms with Crippen LogP contribution >= 0.6 is 0 Å². The van der Waals surface area contributed by atoms with Gasteiger partial charge in [-0.15, -0.1) is 0 Å². The maximum absolute atomic E-state index is 0. The Hall–Kier alpha value is 5.38. The number of hydrogen-bond acceptors (Lipinski definition) is 1. The van der Waals surface area contributed by atoms with Crippen LogP contribution in [0.25, 0.3) is 0 Å². The van der Waals surface area contributed by atoms with Crippen LogP contribution in [0, 0.1) is 0 Å². The van der Waals surface area contributed by atoms with Crippen LogP contribution in [0.15, 0.2) is 0 Å². The molecule has 0 atom stereocenters. The zero-order valence-electron chi connectivity index (χ0n) is 7.30. The van der Waals surface area contributed by atoms with Crippen molar-refractivity contribution in [2.24, 2.45) is 0 Å². The van der Waals surface area contributed by atoms with Crippen LogP contribution in [0.3, 0.4) is 0 Å². The minimum absolute atomic E-state index is 0. The summed E-state index contributed by atoms with van der Waals surface area (Å²) in [5, 5.41) is 0. The second-order valence-electron chi connectivity index (χ2n) is 0. The summed E-state index contributed by atoms with van der Waals surface area (Å²) in [4.78, 5) is 0. The summed E-state index contributed by atoms with van der Waals surface area (Å²) in [6.07, 6.45) is 0. The van der Waals surface area contributed by atoms with Gasteiger partial charge in [0.25, 0.3) is 0 Å². The smallest absolute Gasteiger partial charge is 1.00 e. The normalized spacial score (nSPS) is 0. The molecule has 0 aliphatic heterocycles. The molecular weight excluding hydrogens is 436 g/mol. The van der Waals surface area contributed by atoms with E-state index in [4.69, 9.17) is 0 Å². The Morgan fingerprint density at radius 2 is 1.00 bits per heavy atom. The van der Waals surface area contributed by atoms with E-state index in [1.807, 2.05) is 0 Å². The molecule has 0 saturated heterocycles. The van der Waals surface area contributed by atoms with Crippen LogP contribution in [0.4, 0.5) is 0 Å². The quantitative estimate of drug-likeness (QED) is 0.370. The molecule has 0 rings (SSSR count). The van der Waals surface area contributed by atoms with Gasteiger partial charge in [0, 0.05) is 52.7 Å². The first-order valence-corrected chi connectivity index (χ1v) is 0. The van der Waals surface area contributed by atoms with Crippen LogP contribution in [0.5, 0.6) is 0 Å². The van der Waals surface area contributed by atoms with Crippen molar-refractivity contribution in [1.29, 1.82) is 0 Å². The average Bonchev–Trinajstić information content (AvgIpc) is 0. The summed E-state index contributed by atoms with van der Waals surface area (Å²) in [7, 11) is 0. The van der Waals surface area contributed by atoms with Gasteiger partial charge in [0.15, 0.2) is 17.4 Å². The Morgan fingerprint density at radius 1 is 1.00 bits per heavy atom. The van der Waals surface area contributed by atoms with Crippen LogP contribution < -0.4 is 6.15 Å². The van der Waals surface area contributed by atoms with Crippen molar-refractivity contribution in [2.45, 2.75) is 0 Å². The van der Waals surface area contributed by atoms with E-state index < -0.39 is 0 Å². The summed E-state index contributed by atoms with van der Waals surface area (Å²) >= 11 is 0. The molecule has 0 heterocycles. The Kier molecular flexibility index (Phi) is 700. The summed E-state index contributed by atoms with van der Waals surface area (Å²) in [6, 6.07) is 0. The fraction of sp³-hybridized carbons (Fsp3) is 0. The van der Waals surface area contributed by atoms with E-state index in [-0.39, 0.29) is 190 Å². The van der Waals surface area contributed by atoms with Gasteiger partial charge in [-0.1, -0.05) is 0 Å². The SMILES string of the molecule is N.[AlH3].[Ba+2].[Ca+2].[Fe].[H-].[H-].[H-].[H-].[Mn].[SiH4].[SiH4].[V]. The van der Waals surface area contributed by atoms with E-state index in [1.54, 1.807) is 0 Å². The third kappa shape index (κ3) is 59.9. The van der Waals surface area contributed by atoms with Crippen molar-refractivity contribution in [2.75, 3.05) is 0 Å². The Morgan fingerprint density at radius 3 is 1.00 bits per heavy atom. The molecule has 0 aromatic carbocycles. The Balaban J connectivity index is 0. The molecule has 9 heavy (non-hydrogen) atoms. The second kappa shape index (κ2) is 70.8. The van der Waals surface area contributed by atoms with Crippen molar-refractivity contribution in [3.63, 3.8) is 0 Å². The third-order valence-electron chi connectivity index (χ3n) is 0. The third-order valence-corrected chi connectivity index (χ3v) is 0. The molecule has 0 fully saturated rings. The first-order valence-electron chi connectivity index (χ1n) is 0. The number of hydrogen-bond donors (Lipinski definition) is 1. The van der Waals surface area contributed by atoms with E-state index in [1.165, 1.54) is 0 Å². The molecule has 2 radical (unpaired) electrons. The van der Waals surface area contributed by atoms with Crippen LogP contribution in [0.1, 0.15) is 5.71 Å². The Labute approximate surface area is 186 Å². The number of rotatable bonds is 0. The summed E-state index contributed by atoms with van der Waals surface area (Å²) in [6.45, 7) is 0. The minimum Gasteiger partial charge on any atom is -1.00 e. The molecule has 9 heteroatoms. The van der Waals surface area contributed by atoms with Gasteiger partial charge >= 0.3 is 86.6 Å². The molecule has 3 N–H and O–H groups in total. The van der Waals surface area contributed by atoms with E-state index >= 15 is 0 Å². The molecule has 0 spiro atoms. The topological polar surface area (TPSA) is 35.0 Å². The second-order valence-corrected chi connectivity index (χ2v) is 0. The van der Waals surface area contributed by atoms with E-state index in [0.717, 1.165) is 0 Å². The molecule has 58 valence electrons. The van der Waals surface area contributed by atoms with Crippen LogP contribution in [0.2, 0.25) is 0 Å². The van der Waals surface area contributed by atoms with Crippen molar-refractivity contribution in [3.05, 3.63) is 0 Å². The average molecular weight is 454 g/mol. The molecule has 0 aliphatic carbocycles. The Bertz CT molecular complexity index is 38.1. The summed E-state index contributed by atoms with van der Waals surface area (Å²) < 4.78 is 0. The van der Waals surface area contributed by atoms with Gasteiger partial charge in [0.05, 0.1) is 0 Å². The molecular formula is H18AlBaCaFeMnNSi2V. The van der Waals surface area contributed by atoms with Crippen molar-refractivity contribution in [3.8, 4) is 0 Å². The van der Waals surface area contributed by atoms with Gasteiger partial charge in [-0.05, 0) is 21.9 Å². The van der Waals surface area contributed by atoms with Gasteiger partial charge in [0.1, 0.15) is 0 Å². The van der Waals surface area contributed by atoms with E-state index in [2.05, 4.69) is 0 Å². The summed E-state index contributed by atoms with van der Waals surface area (Å²) in [5.41, 5.74) is 0. The fourth-order valence-corrected chi connectivity index (χ4v) is 0. The molecule has 0 saturated carbocycles. The van der Waals surface area contributed by atoms with Gasteiger partial charge < -0.3 is 11.9 Å². The summed E-state index contributed by atoms with van der Waals surface area (Å²) in [5.74, 6) is 0. The molecule has 0 aromatic rings. The maximum Gasteiger partial charge on any atom is 2.00 e. The molecule has 0 aromatic heterocycles. The van der Waals surface area contributed by atoms with Gasteiger partial charge in [-0.25, -0.2) is 0 Å². The molecule has 0 aliphatic rings. The predicted octanol–water partition coefficient (Wildman–Crippen LogP) is -4.24. The zero-order valence-corrected chi connectivity index (χ0v) is 13.6. The standard InChI is InChI=1S/Al.Ba.Ca.Fe.Mn.H3N.2H4Si.V.7H/h;;;;;1H3;2*1H4;;;;;;;;/q;2*+2;;;;;;;;;;4*-1. The van der Waals surface area contributed by atoms with Crippen molar-refractivity contribution >= 4 is 126 Å². The van der Waals surface area contributed by atoms with E-state index in [9.17, 15) is 0 Å². The van der Waals surface area contributed by atoms with Crippen LogP contribution in [-0.2, 0) is 52.7 Å². The molecule has 0 amide bonds. The maximum atomic E-state index is 0. The largest absolute Gasteiger partial charge is 2.00 e. The predicted molar refractivity (Wildman–Crippen MR) is 53.6 cm³/mol. The van der Waals surface area contributed by atoms with Gasteiger partial charge in [-0.2, -0.15) is 0 Å². The molecule has 0 unspecified atom stereocenters. The van der Waals surface area contributed by atoms with Crippen molar-refractivity contribution in [1.82, 2.24) is 6.15 Å². The molecule has 0 bridgehead atoms. The van der Waals surface area contributed by atoms with E-state index in [0.29, 0.717) is 0 Å². The van der Waals surface area contributed by atoms with Crippen molar-refractivity contribution < 1.29 is 58.4 Å². The van der Waals surface area contributed by atoms with Crippen LogP contribution in [-0.4, -0.2) is 126 Å². The first kappa shape index (κ1) is 88.9. The van der Waals surface area contributed by atoms with Gasteiger partial charge in [0.2, 0.25) is 0 Å². The molecule has 1 nitrogen and oxygen atoms in total.